The van der Waals surface area contributed by atoms with Crippen LogP contribution in [0, 0.1) is 0 Å². The molecule has 1 N–H and O–H groups in total. The molecule has 0 bridgehead atoms. The van der Waals surface area contributed by atoms with E-state index in [1.54, 1.807) is 6.92 Å². The molecule has 19 heavy (non-hydrogen) atoms. The molecular weight excluding hydrogens is 244 g/mol. The number of hydrogen-bond acceptors (Lipinski definition) is 3. The highest BCUT2D eigenvalue weighted by Gasteiger charge is 2.20. The fourth-order valence-electron chi connectivity index (χ4n) is 2.27. The fourth-order valence-corrected chi connectivity index (χ4v) is 2.27. The number of aliphatic carboxylic acids is 1. The summed E-state index contributed by atoms with van der Waals surface area (Å²) in [5, 5.41) is 8.94. The van der Waals surface area contributed by atoms with Crippen LogP contribution in [0.2, 0.25) is 0 Å². The van der Waals surface area contributed by atoms with Gasteiger partial charge in [-0.2, -0.15) is 0 Å². The van der Waals surface area contributed by atoms with Crippen LogP contribution < -0.4 is 0 Å². The number of cyclic esters (lactones) is 1. The highest BCUT2D eigenvalue weighted by atomic mass is 16.5. The van der Waals surface area contributed by atoms with Crippen LogP contribution in [-0.4, -0.2) is 23.1 Å². The summed E-state index contributed by atoms with van der Waals surface area (Å²) in [4.78, 5) is 22.1. The largest absolute Gasteiger partial charge is 0.481 e. The summed E-state index contributed by atoms with van der Waals surface area (Å²) in [7, 11) is 0. The Morgan fingerprint density at radius 3 is 2.68 bits per heavy atom. The summed E-state index contributed by atoms with van der Waals surface area (Å²) in [5.74, 6) is -1.44. The Morgan fingerprint density at radius 2 is 2.11 bits per heavy atom. The minimum atomic E-state index is -0.825. The number of carboxylic acids is 1. The maximum atomic E-state index is 11.2. The Hall–Kier alpha value is -1.84. The molecule has 0 aromatic heterocycles. The van der Waals surface area contributed by atoms with Crippen LogP contribution in [0.15, 0.2) is 24.3 Å². The van der Waals surface area contributed by atoms with Gasteiger partial charge in [0.15, 0.2) is 0 Å². The summed E-state index contributed by atoms with van der Waals surface area (Å²) >= 11 is 0. The molecule has 2 atom stereocenters. The molecule has 2 rings (SSSR count). The standard InChI is InChI=1S/C15H18O4/c1-10(15(17)18)12-7-5-11(6-8-12)9-13-3-2-4-14(16)19-13/h5-8,10,13H,2-4,9H2,1H3,(H,17,18). The lowest BCUT2D eigenvalue weighted by Crippen LogP contribution is -2.25. The van der Waals surface area contributed by atoms with E-state index in [-0.39, 0.29) is 12.1 Å². The number of ether oxygens (including phenoxy) is 1. The van der Waals surface area contributed by atoms with Gasteiger partial charge in [-0.3, -0.25) is 9.59 Å². The first-order valence-electron chi connectivity index (χ1n) is 6.57. The number of benzene rings is 1. The van der Waals surface area contributed by atoms with Gasteiger partial charge in [0.05, 0.1) is 5.92 Å². The molecule has 1 aliphatic heterocycles. The van der Waals surface area contributed by atoms with Crippen LogP contribution in [-0.2, 0) is 20.7 Å². The number of esters is 1. The molecule has 2 unspecified atom stereocenters. The van der Waals surface area contributed by atoms with E-state index in [9.17, 15) is 9.59 Å². The van der Waals surface area contributed by atoms with Gasteiger partial charge in [0, 0.05) is 12.8 Å². The minimum Gasteiger partial charge on any atom is -0.481 e. The van der Waals surface area contributed by atoms with Crippen molar-refractivity contribution < 1.29 is 19.4 Å². The molecule has 0 saturated carbocycles. The van der Waals surface area contributed by atoms with Gasteiger partial charge < -0.3 is 9.84 Å². The number of carbonyl (C=O) groups is 2. The molecule has 0 amide bonds. The second kappa shape index (κ2) is 5.87. The zero-order valence-electron chi connectivity index (χ0n) is 11.0. The fraction of sp³-hybridized carbons (Fsp3) is 0.467. The highest BCUT2D eigenvalue weighted by Crippen LogP contribution is 2.20. The van der Waals surface area contributed by atoms with Crippen molar-refractivity contribution in [3.8, 4) is 0 Å². The summed E-state index contributed by atoms with van der Waals surface area (Å²) < 4.78 is 5.27. The van der Waals surface area contributed by atoms with E-state index < -0.39 is 11.9 Å². The molecule has 1 aliphatic rings. The molecule has 102 valence electrons. The van der Waals surface area contributed by atoms with Gasteiger partial charge in [0.1, 0.15) is 6.10 Å². The highest BCUT2D eigenvalue weighted by molar-refractivity contribution is 5.75. The van der Waals surface area contributed by atoms with Crippen molar-refractivity contribution in [1.29, 1.82) is 0 Å². The third kappa shape index (κ3) is 3.56. The summed E-state index contributed by atoms with van der Waals surface area (Å²) in [6.45, 7) is 1.67. The normalized spacial score (nSPS) is 20.7. The molecule has 1 heterocycles. The van der Waals surface area contributed by atoms with Crippen LogP contribution >= 0.6 is 0 Å². The van der Waals surface area contributed by atoms with E-state index >= 15 is 0 Å². The quantitative estimate of drug-likeness (QED) is 0.847. The summed E-state index contributed by atoms with van der Waals surface area (Å²) in [6.07, 6.45) is 2.97. The first kappa shape index (κ1) is 13.6. The topological polar surface area (TPSA) is 63.6 Å². The van der Waals surface area contributed by atoms with E-state index in [0.717, 1.165) is 24.0 Å². The van der Waals surface area contributed by atoms with Gasteiger partial charge >= 0.3 is 11.9 Å². The predicted octanol–water partition coefficient (Wildman–Crippen LogP) is 2.51. The SMILES string of the molecule is CC(C(=O)O)c1ccc(CC2CCCC(=O)O2)cc1. The molecule has 0 aliphatic carbocycles. The van der Waals surface area contributed by atoms with Crippen molar-refractivity contribution in [2.24, 2.45) is 0 Å². The van der Waals surface area contributed by atoms with Gasteiger partial charge in [-0.1, -0.05) is 24.3 Å². The Labute approximate surface area is 112 Å². The van der Waals surface area contributed by atoms with Gasteiger partial charge in [-0.15, -0.1) is 0 Å². The van der Waals surface area contributed by atoms with Crippen LogP contribution in [0.5, 0.6) is 0 Å². The van der Waals surface area contributed by atoms with Gasteiger partial charge in [-0.25, -0.2) is 0 Å². The van der Waals surface area contributed by atoms with E-state index in [2.05, 4.69) is 0 Å². The predicted molar refractivity (Wildman–Crippen MR) is 69.9 cm³/mol. The molecule has 0 radical (unpaired) electrons. The molecule has 4 heteroatoms. The zero-order chi connectivity index (χ0) is 13.8. The van der Waals surface area contributed by atoms with Crippen molar-refractivity contribution in [2.75, 3.05) is 0 Å². The summed E-state index contributed by atoms with van der Waals surface area (Å²) in [5.41, 5.74) is 1.86. The van der Waals surface area contributed by atoms with Crippen LogP contribution in [0.25, 0.3) is 0 Å². The first-order valence-corrected chi connectivity index (χ1v) is 6.57. The molecule has 1 fully saturated rings. The number of carbonyl (C=O) groups excluding carboxylic acids is 1. The van der Waals surface area contributed by atoms with Crippen LogP contribution in [0.1, 0.15) is 43.2 Å². The number of carboxylic acid groups (broad SMARTS) is 1. The molecule has 1 saturated heterocycles. The molecule has 1 aromatic rings. The lowest BCUT2D eigenvalue weighted by atomic mass is 9.96. The zero-order valence-corrected chi connectivity index (χ0v) is 11.0. The minimum absolute atomic E-state index is 0.0380. The third-order valence-corrected chi connectivity index (χ3v) is 3.52. The first-order chi connectivity index (χ1) is 9.06. The lowest BCUT2D eigenvalue weighted by molar-refractivity contribution is -0.153. The molecular formula is C15H18O4. The van der Waals surface area contributed by atoms with Gasteiger partial charge in [0.2, 0.25) is 0 Å². The average Bonchev–Trinajstić information content (AvgIpc) is 2.39. The van der Waals surface area contributed by atoms with E-state index in [1.165, 1.54) is 0 Å². The molecule has 1 aromatic carbocycles. The van der Waals surface area contributed by atoms with Gasteiger partial charge in [-0.05, 0) is 30.9 Å². The maximum absolute atomic E-state index is 11.2. The third-order valence-electron chi connectivity index (χ3n) is 3.52. The van der Waals surface area contributed by atoms with E-state index in [4.69, 9.17) is 9.84 Å². The van der Waals surface area contributed by atoms with Crippen molar-refractivity contribution in [2.45, 2.75) is 44.6 Å². The number of hydrogen-bond donors (Lipinski definition) is 1. The average molecular weight is 262 g/mol. The van der Waals surface area contributed by atoms with E-state index in [0.29, 0.717) is 12.8 Å². The number of rotatable bonds is 4. The smallest absolute Gasteiger partial charge is 0.310 e. The van der Waals surface area contributed by atoms with Crippen LogP contribution in [0.3, 0.4) is 0 Å². The van der Waals surface area contributed by atoms with Crippen LogP contribution in [0.4, 0.5) is 0 Å². The monoisotopic (exact) mass is 262 g/mol. The molecule has 4 nitrogen and oxygen atoms in total. The second-order valence-corrected chi connectivity index (χ2v) is 5.01. The lowest BCUT2D eigenvalue weighted by Gasteiger charge is -2.22. The summed E-state index contributed by atoms with van der Waals surface area (Å²) in [6, 6.07) is 7.49. The Bertz CT molecular complexity index is 464. The van der Waals surface area contributed by atoms with Crippen molar-refractivity contribution in [1.82, 2.24) is 0 Å². The Kier molecular flexibility index (Phi) is 4.20. The van der Waals surface area contributed by atoms with Crippen molar-refractivity contribution in [3.05, 3.63) is 35.4 Å². The van der Waals surface area contributed by atoms with Crippen molar-refractivity contribution in [3.63, 3.8) is 0 Å². The Morgan fingerprint density at radius 1 is 1.42 bits per heavy atom. The van der Waals surface area contributed by atoms with Gasteiger partial charge in [0.25, 0.3) is 0 Å². The Balaban J connectivity index is 1.98. The maximum Gasteiger partial charge on any atom is 0.310 e. The van der Waals surface area contributed by atoms with Crippen molar-refractivity contribution >= 4 is 11.9 Å². The molecule has 0 spiro atoms. The van der Waals surface area contributed by atoms with E-state index in [1.807, 2.05) is 24.3 Å². The second-order valence-electron chi connectivity index (χ2n) is 5.01.